The maximum Gasteiger partial charge on any atom is 0.179 e. The van der Waals surface area contributed by atoms with Crippen molar-refractivity contribution in [1.29, 1.82) is 0 Å². The molecule has 0 aliphatic heterocycles. The molecule has 2 heterocycles. The van der Waals surface area contributed by atoms with E-state index in [-0.39, 0.29) is 24.8 Å². The van der Waals surface area contributed by atoms with E-state index in [1.807, 2.05) is 0 Å². The van der Waals surface area contributed by atoms with Gasteiger partial charge in [0.1, 0.15) is 0 Å². The molecule has 2 nitrogen and oxygen atoms in total. The Kier molecular flexibility index (Phi) is 8.58. The van der Waals surface area contributed by atoms with Crippen molar-refractivity contribution in [3.8, 4) is 11.1 Å². The lowest BCUT2D eigenvalue weighted by molar-refractivity contribution is -0.694. The molecule has 4 rings (SSSR count). The van der Waals surface area contributed by atoms with E-state index in [0.29, 0.717) is 0 Å². The van der Waals surface area contributed by atoms with Crippen LogP contribution in [0, 0.1) is 13.8 Å². The minimum atomic E-state index is 0. The van der Waals surface area contributed by atoms with Gasteiger partial charge >= 0.3 is 0 Å². The molecule has 0 amide bonds. The highest BCUT2D eigenvalue weighted by Crippen LogP contribution is 2.19. The first-order valence-electron chi connectivity index (χ1n) is 9.77. The molecule has 0 N–H and O–H groups in total. The number of pyridine rings is 2. The zero-order chi connectivity index (χ0) is 19.3. The lowest BCUT2D eigenvalue weighted by Gasteiger charge is -2.06. The molecule has 4 heteroatoms. The first kappa shape index (κ1) is 23.6. The largest absolute Gasteiger partial charge is 1.00 e. The molecule has 0 bridgehead atoms. The van der Waals surface area contributed by atoms with Gasteiger partial charge in [0.15, 0.2) is 36.9 Å². The summed E-state index contributed by atoms with van der Waals surface area (Å²) in [7, 11) is 0. The summed E-state index contributed by atoms with van der Waals surface area (Å²) in [6, 6.07) is 30.2. The van der Waals surface area contributed by atoms with E-state index >= 15 is 0 Å². The Balaban J connectivity index is 0.00000160. The van der Waals surface area contributed by atoms with Gasteiger partial charge in [0.25, 0.3) is 0 Å². The molecule has 0 fully saturated rings. The van der Waals surface area contributed by atoms with Crippen LogP contribution in [-0.4, -0.2) is 0 Å². The number of hydrogen-bond donors (Lipinski definition) is 0. The van der Waals surface area contributed by atoms with Crippen LogP contribution in [0.1, 0.15) is 22.5 Å². The lowest BCUT2D eigenvalue weighted by atomic mass is 10.1. The second kappa shape index (κ2) is 10.9. The van der Waals surface area contributed by atoms with Crippen molar-refractivity contribution in [3.05, 3.63) is 120 Å². The fraction of sp³-hybridized carbons (Fsp3) is 0.154. The molecule has 2 aromatic heterocycles. The van der Waals surface area contributed by atoms with Crippen LogP contribution in [0.4, 0.5) is 0 Å². The van der Waals surface area contributed by atoms with E-state index in [2.05, 4.69) is 120 Å². The summed E-state index contributed by atoms with van der Waals surface area (Å²) >= 11 is 0. The standard InChI is InChI=1S/C26H26N2.2ClH/c1-21-17-25(13-15-27(21)19-23-9-5-3-6-10-23)26-14-16-28(22(2)18-26)20-24-11-7-4-8-12-24;;/h3-18H,19-20H2,1-2H3;2*1H/q+2;;/p-2. The second-order valence-electron chi connectivity index (χ2n) is 7.34. The van der Waals surface area contributed by atoms with Crippen molar-refractivity contribution in [2.75, 3.05) is 0 Å². The van der Waals surface area contributed by atoms with E-state index in [1.54, 1.807) is 0 Å². The van der Waals surface area contributed by atoms with Gasteiger partial charge in [-0.1, -0.05) is 60.7 Å². The van der Waals surface area contributed by atoms with Crippen LogP contribution < -0.4 is 33.9 Å². The van der Waals surface area contributed by atoms with Crippen molar-refractivity contribution in [2.24, 2.45) is 0 Å². The summed E-state index contributed by atoms with van der Waals surface area (Å²) in [5, 5.41) is 0. The van der Waals surface area contributed by atoms with E-state index in [0.717, 1.165) is 13.1 Å². The first-order chi connectivity index (χ1) is 13.7. The molecule has 0 atom stereocenters. The fourth-order valence-corrected chi connectivity index (χ4v) is 3.56. The molecular weight excluding hydrogens is 411 g/mol. The average Bonchev–Trinajstić information content (AvgIpc) is 2.72. The molecule has 2 aromatic carbocycles. The highest BCUT2D eigenvalue weighted by atomic mass is 35.5. The minimum Gasteiger partial charge on any atom is -1.00 e. The van der Waals surface area contributed by atoms with Crippen molar-refractivity contribution in [1.82, 2.24) is 0 Å². The predicted octanol–water partition coefficient (Wildman–Crippen LogP) is -1.35. The molecular formula is C26H26Cl2N2. The number of benzene rings is 2. The maximum atomic E-state index is 2.30. The molecule has 0 saturated carbocycles. The number of halogens is 2. The normalized spacial score (nSPS) is 10.1. The molecule has 0 aliphatic carbocycles. The van der Waals surface area contributed by atoms with Crippen molar-refractivity contribution < 1.29 is 33.9 Å². The first-order valence-corrected chi connectivity index (χ1v) is 9.77. The van der Waals surface area contributed by atoms with Gasteiger partial charge in [-0.25, -0.2) is 0 Å². The highest BCUT2D eigenvalue weighted by molar-refractivity contribution is 5.62. The Bertz CT molecular complexity index is 992. The average molecular weight is 437 g/mol. The van der Waals surface area contributed by atoms with Crippen LogP contribution in [0.5, 0.6) is 0 Å². The molecule has 4 aromatic rings. The van der Waals surface area contributed by atoms with Crippen LogP contribution in [0.15, 0.2) is 97.3 Å². The zero-order valence-electron chi connectivity index (χ0n) is 17.3. The van der Waals surface area contributed by atoms with Gasteiger partial charge in [0.05, 0.1) is 0 Å². The number of hydrogen-bond acceptors (Lipinski definition) is 0. The summed E-state index contributed by atoms with van der Waals surface area (Å²) in [6.45, 7) is 6.16. The van der Waals surface area contributed by atoms with Crippen LogP contribution in [-0.2, 0) is 13.1 Å². The van der Waals surface area contributed by atoms with E-state index in [9.17, 15) is 0 Å². The summed E-state index contributed by atoms with van der Waals surface area (Å²) < 4.78 is 4.59. The highest BCUT2D eigenvalue weighted by Gasteiger charge is 2.13. The van der Waals surface area contributed by atoms with Gasteiger partial charge in [0, 0.05) is 49.2 Å². The molecule has 0 spiro atoms. The quantitative estimate of drug-likeness (QED) is 0.342. The van der Waals surface area contributed by atoms with E-state index in [4.69, 9.17) is 0 Å². The molecule has 0 aliphatic rings. The molecule has 0 saturated heterocycles. The van der Waals surface area contributed by atoms with Crippen LogP contribution in [0.2, 0.25) is 0 Å². The number of aromatic nitrogens is 2. The van der Waals surface area contributed by atoms with Gasteiger partial charge in [-0.05, 0) is 11.1 Å². The lowest BCUT2D eigenvalue weighted by Crippen LogP contribution is -3.00. The Hall–Kier alpha value is -2.68. The summed E-state index contributed by atoms with van der Waals surface area (Å²) in [4.78, 5) is 0. The Morgan fingerprint density at radius 2 is 0.900 bits per heavy atom. The molecule has 30 heavy (non-hydrogen) atoms. The van der Waals surface area contributed by atoms with Crippen LogP contribution >= 0.6 is 0 Å². The summed E-state index contributed by atoms with van der Waals surface area (Å²) in [5.74, 6) is 0. The second-order valence-corrected chi connectivity index (χ2v) is 7.34. The van der Waals surface area contributed by atoms with Crippen molar-refractivity contribution in [3.63, 3.8) is 0 Å². The summed E-state index contributed by atoms with van der Waals surface area (Å²) in [6.07, 6.45) is 4.38. The monoisotopic (exact) mass is 436 g/mol. The van der Waals surface area contributed by atoms with Crippen molar-refractivity contribution in [2.45, 2.75) is 26.9 Å². The SMILES string of the molecule is Cc1cc(-c2cc[n+](Cc3ccccc3)c(C)c2)cc[n+]1Cc1ccccc1.[Cl-].[Cl-]. The topological polar surface area (TPSA) is 7.76 Å². The fourth-order valence-electron chi connectivity index (χ4n) is 3.56. The van der Waals surface area contributed by atoms with Gasteiger partial charge in [-0.2, -0.15) is 9.13 Å². The van der Waals surface area contributed by atoms with E-state index < -0.39 is 0 Å². The maximum absolute atomic E-state index is 2.30. The van der Waals surface area contributed by atoms with Gasteiger partial charge < -0.3 is 24.8 Å². The smallest absolute Gasteiger partial charge is 0.179 e. The Morgan fingerprint density at radius 1 is 0.533 bits per heavy atom. The predicted molar refractivity (Wildman–Crippen MR) is 113 cm³/mol. The van der Waals surface area contributed by atoms with Gasteiger partial charge in [-0.3, -0.25) is 0 Å². The third-order valence-electron chi connectivity index (χ3n) is 5.23. The zero-order valence-corrected chi connectivity index (χ0v) is 18.8. The summed E-state index contributed by atoms with van der Waals surface area (Å²) in [5.41, 5.74) is 7.69. The van der Waals surface area contributed by atoms with Crippen LogP contribution in [0.3, 0.4) is 0 Å². The number of rotatable bonds is 5. The van der Waals surface area contributed by atoms with Gasteiger partial charge in [0.2, 0.25) is 0 Å². The van der Waals surface area contributed by atoms with Crippen molar-refractivity contribution >= 4 is 0 Å². The number of nitrogens with zero attached hydrogens (tertiary/aromatic N) is 2. The van der Waals surface area contributed by atoms with Gasteiger partial charge in [-0.15, -0.1) is 0 Å². The van der Waals surface area contributed by atoms with E-state index in [1.165, 1.54) is 33.6 Å². The minimum absolute atomic E-state index is 0. The molecule has 0 unspecified atom stereocenters. The third kappa shape index (κ3) is 5.69. The Morgan fingerprint density at radius 3 is 1.23 bits per heavy atom. The number of aryl methyl sites for hydroxylation is 2. The Labute approximate surface area is 191 Å². The molecule has 154 valence electrons. The third-order valence-corrected chi connectivity index (χ3v) is 5.23. The van der Waals surface area contributed by atoms with Crippen LogP contribution in [0.25, 0.3) is 11.1 Å². The molecule has 0 radical (unpaired) electrons.